The van der Waals surface area contributed by atoms with Crippen LogP contribution in [-0.2, 0) is 12.8 Å². The number of aryl methyl sites for hydroxylation is 2. The molecule has 2 N–H and O–H groups in total. The molecular formula is C11H12N4. The number of pyridine rings is 1. The van der Waals surface area contributed by atoms with E-state index in [4.69, 9.17) is 5.73 Å². The summed E-state index contributed by atoms with van der Waals surface area (Å²) in [7, 11) is 0. The first-order chi connectivity index (χ1) is 7.33. The predicted molar refractivity (Wildman–Crippen MR) is 57.8 cm³/mol. The molecule has 4 heteroatoms. The van der Waals surface area contributed by atoms with E-state index >= 15 is 0 Å². The molecule has 0 saturated heterocycles. The van der Waals surface area contributed by atoms with E-state index in [2.05, 4.69) is 16.1 Å². The highest BCUT2D eigenvalue weighted by atomic mass is 15.3. The molecule has 4 nitrogen and oxygen atoms in total. The molecule has 2 aromatic rings. The van der Waals surface area contributed by atoms with Gasteiger partial charge in [-0.2, -0.15) is 0 Å². The van der Waals surface area contributed by atoms with Gasteiger partial charge in [0.05, 0.1) is 0 Å². The fourth-order valence-corrected chi connectivity index (χ4v) is 2.00. The number of nitrogens with zero attached hydrogens (tertiary/aromatic N) is 3. The summed E-state index contributed by atoms with van der Waals surface area (Å²) < 4.78 is 1.72. The Bertz CT molecular complexity index is 501. The lowest BCUT2D eigenvalue weighted by Gasteiger charge is -2.03. The van der Waals surface area contributed by atoms with Crippen molar-refractivity contribution in [3.8, 4) is 5.82 Å². The molecule has 76 valence electrons. The Morgan fingerprint density at radius 2 is 2.13 bits per heavy atom. The summed E-state index contributed by atoms with van der Waals surface area (Å²) in [6.45, 7) is 0. The highest BCUT2D eigenvalue weighted by Gasteiger charge is 2.13. The number of nitrogen functional groups attached to an aromatic ring is 1. The highest BCUT2D eigenvalue weighted by molar-refractivity contribution is 5.35. The van der Waals surface area contributed by atoms with Gasteiger partial charge in [-0.15, -0.1) is 5.10 Å². The van der Waals surface area contributed by atoms with E-state index in [-0.39, 0.29) is 0 Å². The van der Waals surface area contributed by atoms with Gasteiger partial charge in [-0.25, -0.2) is 9.67 Å². The number of rotatable bonds is 1. The standard InChI is InChI=1S/C11H12N4/c12-10-6-7-15(14-10)11-5-4-8-2-1-3-9(8)13-11/h4-7H,1-3H2,(H2,12,14). The van der Waals surface area contributed by atoms with Crippen molar-refractivity contribution in [3.05, 3.63) is 35.7 Å². The minimum absolute atomic E-state index is 0.525. The highest BCUT2D eigenvalue weighted by Crippen LogP contribution is 2.21. The minimum atomic E-state index is 0.525. The van der Waals surface area contributed by atoms with E-state index in [0.29, 0.717) is 5.82 Å². The molecule has 0 radical (unpaired) electrons. The lowest BCUT2D eigenvalue weighted by Crippen LogP contribution is -2.01. The second kappa shape index (κ2) is 3.08. The summed E-state index contributed by atoms with van der Waals surface area (Å²) in [6.07, 6.45) is 5.29. The van der Waals surface area contributed by atoms with Crippen LogP contribution in [0.25, 0.3) is 5.82 Å². The summed E-state index contributed by atoms with van der Waals surface area (Å²) in [5.41, 5.74) is 8.15. The Hall–Kier alpha value is -1.84. The van der Waals surface area contributed by atoms with E-state index in [9.17, 15) is 0 Å². The van der Waals surface area contributed by atoms with Crippen molar-refractivity contribution in [2.75, 3.05) is 5.73 Å². The van der Waals surface area contributed by atoms with Crippen LogP contribution in [0.5, 0.6) is 0 Å². The van der Waals surface area contributed by atoms with Crippen molar-refractivity contribution in [3.63, 3.8) is 0 Å². The summed E-state index contributed by atoms with van der Waals surface area (Å²) in [6, 6.07) is 5.91. The third-order valence-electron chi connectivity index (χ3n) is 2.76. The van der Waals surface area contributed by atoms with Crippen molar-refractivity contribution >= 4 is 5.82 Å². The molecule has 0 bridgehead atoms. The third-order valence-corrected chi connectivity index (χ3v) is 2.76. The number of aromatic nitrogens is 3. The quantitative estimate of drug-likeness (QED) is 0.755. The zero-order chi connectivity index (χ0) is 10.3. The molecule has 0 spiro atoms. The lowest BCUT2D eigenvalue weighted by atomic mass is 10.2. The van der Waals surface area contributed by atoms with Gasteiger partial charge in [-0.3, -0.25) is 0 Å². The molecule has 15 heavy (non-hydrogen) atoms. The van der Waals surface area contributed by atoms with Gasteiger partial charge in [0.15, 0.2) is 5.82 Å². The van der Waals surface area contributed by atoms with Gasteiger partial charge in [0, 0.05) is 18.0 Å². The average Bonchev–Trinajstić information content (AvgIpc) is 2.84. The predicted octanol–water partition coefficient (Wildman–Crippen LogP) is 1.34. The maximum Gasteiger partial charge on any atom is 0.153 e. The minimum Gasteiger partial charge on any atom is -0.382 e. The molecule has 0 amide bonds. The topological polar surface area (TPSA) is 56.7 Å². The van der Waals surface area contributed by atoms with Gasteiger partial charge < -0.3 is 5.73 Å². The molecule has 2 heterocycles. The first kappa shape index (κ1) is 8.47. The SMILES string of the molecule is Nc1ccn(-c2ccc3c(n2)CCC3)n1. The van der Waals surface area contributed by atoms with Crippen LogP contribution in [0, 0.1) is 0 Å². The van der Waals surface area contributed by atoms with Crippen LogP contribution in [0.3, 0.4) is 0 Å². The van der Waals surface area contributed by atoms with Gasteiger partial charge >= 0.3 is 0 Å². The largest absolute Gasteiger partial charge is 0.382 e. The number of hydrogen-bond donors (Lipinski definition) is 1. The molecule has 0 aromatic carbocycles. The number of fused-ring (bicyclic) bond motifs is 1. The molecule has 2 aromatic heterocycles. The molecule has 1 aliphatic carbocycles. The van der Waals surface area contributed by atoms with E-state index in [1.165, 1.54) is 17.7 Å². The fraction of sp³-hybridized carbons (Fsp3) is 0.273. The van der Waals surface area contributed by atoms with Gasteiger partial charge in [-0.1, -0.05) is 6.07 Å². The monoisotopic (exact) mass is 200 g/mol. The van der Waals surface area contributed by atoms with Gasteiger partial charge in [0.25, 0.3) is 0 Å². The van der Waals surface area contributed by atoms with Crippen LogP contribution in [0.4, 0.5) is 5.82 Å². The Balaban J connectivity index is 2.06. The van der Waals surface area contributed by atoms with Crippen molar-refractivity contribution < 1.29 is 0 Å². The second-order valence-corrected chi connectivity index (χ2v) is 3.81. The van der Waals surface area contributed by atoms with Crippen LogP contribution >= 0.6 is 0 Å². The Morgan fingerprint density at radius 3 is 2.93 bits per heavy atom. The summed E-state index contributed by atoms with van der Waals surface area (Å²) >= 11 is 0. The second-order valence-electron chi connectivity index (χ2n) is 3.81. The molecule has 0 saturated carbocycles. The van der Waals surface area contributed by atoms with Gasteiger partial charge in [-0.05, 0) is 30.9 Å². The Labute approximate surface area is 87.7 Å². The number of anilines is 1. The van der Waals surface area contributed by atoms with Gasteiger partial charge in [0.1, 0.15) is 5.82 Å². The average molecular weight is 200 g/mol. The maximum absolute atomic E-state index is 5.57. The van der Waals surface area contributed by atoms with E-state index in [1.807, 2.05) is 12.3 Å². The third kappa shape index (κ3) is 1.38. The zero-order valence-electron chi connectivity index (χ0n) is 8.35. The van der Waals surface area contributed by atoms with E-state index in [1.54, 1.807) is 10.7 Å². The first-order valence-electron chi connectivity index (χ1n) is 5.13. The summed E-state index contributed by atoms with van der Waals surface area (Å²) in [5.74, 6) is 1.38. The summed E-state index contributed by atoms with van der Waals surface area (Å²) in [5, 5.41) is 4.14. The van der Waals surface area contributed by atoms with Crippen molar-refractivity contribution in [2.45, 2.75) is 19.3 Å². The Morgan fingerprint density at radius 1 is 1.20 bits per heavy atom. The van der Waals surface area contributed by atoms with Crippen molar-refractivity contribution in [2.24, 2.45) is 0 Å². The smallest absolute Gasteiger partial charge is 0.153 e. The van der Waals surface area contributed by atoms with Gasteiger partial charge in [0.2, 0.25) is 0 Å². The molecule has 0 atom stereocenters. The van der Waals surface area contributed by atoms with Crippen LogP contribution in [-0.4, -0.2) is 14.8 Å². The van der Waals surface area contributed by atoms with Crippen LogP contribution in [0.1, 0.15) is 17.7 Å². The molecule has 0 aliphatic heterocycles. The number of nitrogens with two attached hydrogens (primary N) is 1. The lowest BCUT2D eigenvalue weighted by molar-refractivity contribution is 0.835. The normalized spacial score (nSPS) is 14.1. The van der Waals surface area contributed by atoms with Crippen LogP contribution < -0.4 is 5.73 Å². The number of hydrogen-bond acceptors (Lipinski definition) is 3. The van der Waals surface area contributed by atoms with Crippen molar-refractivity contribution in [1.82, 2.24) is 14.8 Å². The van der Waals surface area contributed by atoms with Crippen molar-refractivity contribution in [1.29, 1.82) is 0 Å². The molecule has 3 rings (SSSR count). The Kier molecular flexibility index (Phi) is 1.74. The van der Waals surface area contributed by atoms with Crippen LogP contribution in [0.2, 0.25) is 0 Å². The van der Waals surface area contributed by atoms with Crippen LogP contribution in [0.15, 0.2) is 24.4 Å². The fourth-order valence-electron chi connectivity index (χ4n) is 2.00. The molecule has 0 fully saturated rings. The molecular weight excluding hydrogens is 188 g/mol. The molecule has 0 unspecified atom stereocenters. The van der Waals surface area contributed by atoms with E-state index in [0.717, 1.165) is 18.7 Å². The maximum atomic E-state index is 5.57. The van der Waals surface area contributed by atoms with E-state index < -0.39 is 0 Å². The molecule has 1 aliphatic rings. The zero-order valence-corrected chi connectivity index (χ0v) is 8.35. The summed E-state index contributed by atoms with van der Waals surface area (Å²) in [4.78, 5) is 4.58. The first-order valence-corrected chi connectivity index (χ1v) is 5.13.